The number of benzene rings is 1. The van der Waals surface area contributed by atoms with Crippen LogP contribution in [-0.4, -0.2) is 36.5 Å². The van der Waals surface area contributed by atoms with Crippen LogP contribution in [0.15, 0.2) is 29.2 Å². The zero-order valence-electron chi connectivity index (χ0n) is 14.2. The van der Waals surface area contributed by atoms with E-state index in [0.717, 1.165) is 10.9 Å². The molecule has 2 N–H and O–H groups in total. The maximum absolute atomic E-state index is 12.1. The van der Waals surface area contributed by atoms with E-state index in [1.165, 1.54) is 6.20 Å². The maximum Gasteiger partial charge on any atom is 0.291 e. The van der Waals surface area contributed by atoms with Crippen LogP contribution in [0.2, 0.25) is 15.1 Å². The molecule has 1 aromatic heterocycles. The number of nitrogens with one attached hydrogen (secondary N) is 2. The van der Waals surface area contributed by atoms with Crippen molar-refractivity contribution >= 4 is 50.5 Å². The molecule has 0 fully saturated rings. The average molecular weight is 440 g/mol. The third kappa shape index (κ3) is 5.34. The van der Waals surface area contributed by atoms with Gasteiger partial charge in [0.05, 0.1) is 33.9 Å². The highest BCUT2D eigenvalue weighted by molar-refractivity contribution is 7.88. The Morgan fingerprint density at radius 2 is 1.85 bits per heavy atom. The van der Waals surface area contributed by atoms with Crippen LogP contribution < -0.4 is 15.6 Å². The number of hydrogen-bond donors (Lipinski definition) is 2. The van der Waals surface area contributed by atoms with Gasteiger partial charge < -0.3 is 5.32 Å². The fourth-order valence-corrected chi connectivity index (χ4v) is 3.80. The van der Waals surface area contributed by atoms with Crippen molar-refractivity contribution in [2.75, 3.05) is 18.1 Å². The summed E-state index contributed by atoms with van der Waals surface area (Å²) in [4.78, 5) is 12.1. The number of aromatic nitrogens is 2. The standard InChI is InChI=1S/C15H17Cl3N4O3S/c1-15(2,21-26(3,24)25)8-19-12-5-4-9(6-10(12)16)22-14(23)13(18)11(17)7-20-22/h4-7,19,21H,8H2,1-3H3. The minimum absolute atomic E-state index is 0.0675. The van der Waals surface area contributed by atoms with E-state index in [4.69, 9.17) is 34.8 Å². The Morgan fingerprint density at radius 3 is 2.42 bits per heavy atom. The second kappa shape index (κ2) is 7.74. The van der Waals surface area contributed by atoms with Crippen molar-refractivity contribution in [3.8, 4) is 5.69 Å². The van der Waals surface area contributed by atoms with Crippen molar-refractivity contribution in [2.45, 2.75) is 19.4 Å². The summed E-state index contributed by atoms with van der Waals surface area (Å²) in [7, 11) is -3.34. The summed E-state index contributed by atoms with van der Waals surface area (Å²) in [6, 6.07) is 4.83. The predicted molar refractivity (Wildman–Crippen MR) is 105 cm³/mol. The van der Waals surface area contributed by atoms with Gasteiger partial charge in [-0.05, 0) is 32.0 Å². The van der Waals surface area contributed by atoms with Crippen LogP contribution in [0.4, 0.5) is 5.69 Å². The second-order valence-electron chi connectivity index (χ2n) is 6.30. The molecular formula is C15H17Cl3N4O3S. The normalized spacial score (nSPS) is 12.2. The summed E-state index contributed by atoms with van der Waals surface area (Å²) < 4.78 is 26.4. The van der Waals surface area contributed by atoms with Gasteiger partial charge in [0.1, 0.15) is 5.02 Å². The van der Waals surface area contributed by atoms with Crippen LogP contribution in [0.5, 0.6) is 0 Å². The van der Waals surface area contributed by atoms with Crippen molar-refractivity contribution < 1.29 is 8.42 Å². The monoisotopic (exact) mass is 438 g/mol. The van der Waals surface area contributed by atoms with Crippen LogP contribution >= 0.6 is 34.8 Å². The molecule has 0 unspecified atom stereocenters. The van der Waals surface area contributed by atoms with Crippen LogP contribution in [0.1, 0.15) is 13.8 Å². The lowest BCUT2D eigenvalue weighted by atomic mass is 10.1. The molecule has 0 aliphatic carbocycles. The number of anilines is 1. The van der Waals surface area contributed by atoms with Crippen molar-refractivity contribution in [1.82, 2.24) is 14.5 Å². The molecule has 0 saturated heterocycles. The Bertz CT molecular complexity index is 990. The Morgan fingerprint density at radius 1 is 1.19 bits per heavy atom. The molecule has 0 aliphatic rings. The average Bonchev–Trinajstić information content (AvgIpc) is 2.49. The summed E-state index contributed by atoms with van der Waals surface area (Å²) in [6.45, 7) is 3.77. The fraction of sp³-hybridized carbons (Fsp3) is 0.333. The van der Waals surface area contributed by atoms with E-state index in [0.29, 0.717) is 22.9 Å². The van der Waals surface area contributed by atoms with E-state index in [-0.39, 0.29) is 10.0 Å². The highest BCUT2D eigenvalue weighted by Crippen LogP contribution is 2.25. The quantitative estimate of drug-likeness (QED) is 0.722. The van der Waals surface area contributed by atoms with E-state index >= 15 is 0 Å². The first-order valence-electron chi connectivity index (χ1n) is 7.36. The SMILES string of the molecule is CC(C)(CNc1ccc(-n2ncc(Cl)c(Cl)c2=O)cc1Cl)NS(C)(=O)=O. The molecule has 2 aromatic rings. The Kier molecular flexibility index (Phi) is 6.24. The summed E-state index contributed by atoms with van der Waals surface area (Å²) >= 11 is 17.9. The van der Waals surface area contributed by atoms with Gasteiger partial charge in [0.15, 0.2) is 0 Å². The van der Waals surface area contributed by atoms with Gasteiger partial charge in [0.2, 0.25) is 10.0 Å². The van der Waals surface area contributed by atoms with E-state index in [1.807, 2.05) is 0 Å². The first kappa shape index (κ1) is 21.0. The molecule has 11 heteroatoms. The van der Waals surface area contributed by atoms with E-state index in [2.05, 4.69) is 15.1 Å². The summed E-state index contributed by atoms with van der Waals surface area (Å²) in [5, 5.41) is 7.28. The Hall–Kier alpha value is -1.32. The molecule has 1 heterocycles. The number of sulfonamides is 1. The van der Waals surface area contributed by atoms with Crippen molar-refractivity contribution in [3.63, 3.8) is 0 Å². The summed E-state index contributed by atoms with van der Waals surface area (Å²) in [6.07, 6.45) is 2.36. The smallest absolute Gasteiger partial charge is 0.291 e. The molecule has 2 rings (SSSR count). The maximum atomic E-state index is 12.1. The molecule has 1 aromatic carbocycles. The topological polar surface area (TPSA) is 93.1 Å². The minimum Gasteiger partial charge on any atom is -0.382 e. The molecule has 142 valence electrons. The van der Waals surface area contributed by atoms with Gasteiger partial charge in [-0.1, -0.05) is 34.8 Å². The summed E-state index contributed by atoms with van der Waals surface area (Å²) in [5.41, 5.74) is -0.295. The summed E-state index contributed by atoms with van der Waals surface area (Å²) in [5.74, 6) is 0. The highest BCUT2D eigenvalue weighted by atomic mass is 35.5. The van der Waals surface area contributed by atoms with Crippen LogP contribution in [0.25, 0.3) is 5.69 Å². The number of rotatable bonds is 6. The molecule has 0 bridgehead atoms. The zero-order chi connectivity index (χ0) is 19.7. The molecule has 0 spiro atoms. The fourth-order valence-electron chi connectivity index (χ4n) is 2.23. The van der Waals surface area contributed by atoms with Gasteiger partial charge in [-0.3, -0.25) is 4.79 Å². The van der Waals surface area contributed by atoms with Gasteiger partial charge in [-0.2, -0.15) is 9.78 Å². The van der Waals surface area contributed by atoms with Crippen molar-refractivity contribution in [3.05, 3.63) is 49.8 Å². The van der Waals surface area contributed by atoms with E-state index in [9.17, 15) is 13.2 Å². The third-order valence-corrected chi connectivity index (χ3v) is 5.24. The minimum atomic E-state index is -3.34. The van der Waals surface area contributed by atoms with Crippen LogP contribution in [0.3, 0.4) is 0 Å². The lowest BCUT2D eigenvalue weighted by Gasteiger charge is -2.26. The Balaban J connectivity index is 2.23. The zero-order valence-corrected chi connectivity index (χ0v) is 17.3. The predicted octanol–water partition coefficient (Wildman–Crippen LogP) is 2.93. The lowest BCUT2D eigenvalue weighted by Crippen LogP contribution is -2.47. The van der Waals surface area contributed by atoms with Gasteiger partial charge in [-0.15, -0.1) is 0 Å². The molecule has 0 amide bonds. The molecule has 0 atom stereocenters. The van der Waals surface area contributed by atoms with Crippen LogP contribution in [-0.2, 0) is 10.0 Å². The van der Waals surface area contributed by atoms with E-state index in [1.54, 1.807) is 32.0 Å². The molecule has 0 saturated carbocycles. The Labute approximate surface area is 166 Å². The van der Waals surface area contributed by atoms with Gasteiger partial charge in [-0.25, -0.2) is 13.1 Å². The van der Waals surface area contributed by atoms with Gasteiger partial charge in [0.25, 0.3) is 5.56 Å². The third-order valence-electron chi connectivity index (χ3n) is 3.26. The number of hydrogen-bond acceptors (Lipinski definition) is 5. The van der Waals surface area contributed by atoms with Gasteiger partial charge in [0, 0.05) is 12.1 Å². The van der Waals surface area contributed by atoms with Crippen molar-refractivity contribution in [1.29, 1.82) is 0 Å². The van der Waals surface area contributed by atoms with Crippen LogP contribution in [0, 0.1) is 0 Å². The molecule has 26 heavy (non-hydrogen) atoms. The largest absolute Gasteiger partial charge is 0.382 e. The number of nitrogens with zero attached hydrogens (tertiary/aromatic N) is 2. The molecule has 0 aliphatic heterocycles. The first-order valence-corrected chi connectivity index (χ1v) is 10.4. The number of halogens is 3. The van der Waals surface area contributed by atoms with Crippen molar-refractivity contribution in [2.24, 2.45) is 0 Å². The second-order valence-corrected chi connectivity index (χ2v) is 9.24. The highest BCUT2D eigenvalue weighted by Gasteiger charge is 2.22. The van der Waals surface area contributed by atoms with Gasteiger partial charge >= 0.3 is 0 Å². The molecule has 0 radical (unpaired) electrons. The van der Waals surface area contributed by atoms with E-state index < -0.39 is 21.1 Å². The first-order chi connectivity index (χ1) is 11.9. The molecular weight excluding hydrogens is 423 g/mol. The molecule has 7 nitrogen and oxygen atoms in total. The lowest BCUT2D eigenvalue weighted by molar-refractivity contribution is 0.476.